The second-order valence-corrected chi connectivity index (χ2v) is 5.10. The molecule has 2 heterocycles. The topological polar surface area (TPSA) is 62.7 Å². The van der Waals surface area contributed by atoms with Crippen LogP contribution in [0.2, 0.25) is 0 Å². The molecule has 1 atom stereocenters. The van der Waals surface area contributed by atoms with Crippen molar-refractivity contribution in [3.63, 3.8) is 0 Å². The number of amides is 1. The summed E-state index contributed by atoms with van der Waals surface area (Å²) in [6.07, 6.45) is 2.42. The van der Waals surface area contributed by atoms with Gasteiger partial charge in [-0.1, -0.05) is 19.1 Å². The fourth-order valence-corrected chi connectivity index (χ4v) is 2.75. The van der Waals surface area contributed by atoms with Gasteiger partial charge in [0.25, 0.3) is 5.91 Å². The molecule has 2 N–H and O–H groups in total. The largest absolute Gasteiger partial charge is 0.459 e. The van der Waals surface area contributed by atoms with E-state index in [2.05, 4.69) is 11.8 Å². The van der Waals surface area contributed by atoms with E-state index in [1.165, 1.54) is 6.26 Å². The minimum atomic E-state index is -0.0481. The maximum absolute atomic E-state index is 12.1. The fraction of sp³-hybridized carbons (Fsp3) is 0.538. The summed E-state index contributed by atoms with van der Waals surface area (Å²) < 4.78 is 5.14. The van der Waals surface area contributed by atoms with Gasteiger partial charge in [0.2, 0.25) is 0 Å². The van der Waals surface area contributed by atoms with E-state index in [-0.39, 0.29) is 11.9 Å². The molecule has 0 saturated carbocycles. The summed E-state index contributed by atoms with van der Waals surface area (Å²) in [5.74, 6) is 0.350. The third-order valence-electron chi connectivity index (χ3n) is 3.49. The maximum Gasteiger partial charge on any atom is 0.289 e. The highest BCUT2D eigenvalue weighted by atomic mass is 32.1. The number of hydrogen-bond donors (Lipinski definition) is 1. The number of thiocarbonyl (C=S) groups is 1. The van der Waals surface area contributed by atoms with E-state index in [4.69, 9.17) is 22.4 Å². The van der Waals surface area contributed by atoms with Crippen molar-refractivity contribution in [3.8, 4) is 0 Å². The summed E-state index contributed by atoms with van der Waals surface area (Å²) in [5, 5.41) is 0. The lowest BCUT2D eigenvalue weighted by atomic mass is 10.1. The first kappa shape index (κ1) is 14.0. The van der Waals surface area contributed by atoms with Gasteiger partial charge in [0.15, 0.2) is 5.76 Å². The van der Waals surface area contributed by atoms with Crippen LogP contribution in [-0.2, 0) is 0 Å². The number of nitrogens with two attached hydrogens (primary N) is 1. The average molecular weight is 281 g/mol. The number of hydrogen-bond acceptors (Lipinski definition) is 4. The van der Waals surface area contributed by atoms with Gasteiger partial charge in [0.1, 0.15) is 0 Å². The lowest BCUT2D eigenvalue weighted by Gasteiger charge is -2.38. The summed E-state index contributed by atoms with van der Waals surface area (Å²) in [6.45, 7) is 5.02. The van der Waals surface area contributed by atoms with Gasteiger partial charge in [-0.3, -0.25) is 9.69 Å². The van der Waals surface area contributed by atoms with Crippen LogP contribution in [0, 0.1) is 0 Å². The Balaban J connectivity index is 1.92. The van der Waals surface area contributed by atoms with Crippen molar-refractivity contribution >= 4 is 23.1 Å². The first-order valence-electron chi connectivity index (χ1n) is 6.49. The molecule has 1 saturated heterocycles. The molecule has 0 aromatic carbocycles. The zero-order valence-electron chi connectivity index (χ0n) is 11.0. The molecule has 2 rings (SSSR count). The molecule has 0 bridgehead atoms. The molecule has 1 aromatic heterocycles. The molecule has 104 valence electrons. The Morgan fingerprint density at radius 1 is 1.47 bits per heavy atom. The van der Waals surface area contributed by atoms with E-state index in [0.717, 1.165) is 19.5 Å². The van der Waals surface area contributed by atoms with Crippen LogP contribution in [0.3, 0.4) is 0 Å². The third kappa shape index (κ3) is 3.13. The second-order valence-electron chi connectivity index (χ2n) is 4.63. The van der Waals surface area contributed by atoms with Crippen molar-refractivity contribution in [3.05, 3.63) is 24.2 Å². The molecule has 1 fully saturated rings. The molecular weight excluding hydrogens is 262 g/mol. The maximum atomic E-state index is 12.1. The fourth-order valence-electron chi connectivity index (χ4n) is 2.43. The van der Waals surface area contributed by atoms with Crippen molar-refractivity contribution in [2.75, 3.05) is 26.2 Å². The summed E-state index contributed by atoms with van der Waals surface area (Å²) in [7, 11) is 0. The number of carbonyl (C=O) groups excluding carboxylic acids is 1. The number of furan rings is 1. The lowest BCUT2D eigenvalue weighted by Crippen LogP contribution is -2.54. The Kier molecular flexibility index (Phi) is 4.55. The average Bonchev–Trinajstić information content (AvgIpc) is 2.93. The van der Waals surface area contributed by atoms with E-state index in [9.17, 15) is 4.79 Å². The van der Waals surface area contributed by atoms with Gasteiger partial charge in [0.05, 0.1) is 17.3 Å². The summed E-state index contributed by atoms with van der Waals surface area (Å²) in [6, 6.07) is 3.55. The highest BCUT2D eigenvalue weighted by molar-refractivity contribution is 7.80. The van der Waals surface area contributed by atoms with Crippen molar-refractivity contribution in [2.45, 2.75) is 19.4 Å². The Bertz CT molecular complexity index is 439. The van der Waals surface area contributed by atoms with Gasteiger partial charge in [-0.2, -0.15) is 0 Å². The van der Waals surface area contributed by atoms with Crippen LogP contribution >= 0.6 is 12.2 Å². The van der Waals surface area contributed by atoms with Crippen LogP contribution < -0.4 is 5.73 Å². The molecule has 6 heteroatoms. The molecule has 0 spiro atoms. The molecule has 5 nitrogen and oxygen atoms in total. The van der Waals surface area contributed by atoms with Crippen LogP contribution in [0.1, 0.15) is 23.9 Å². The highest BCUT2D eigenvalue weighted by Crippen LogP contribution is 2.13. The predicted octanol–water partition coefficient (Wildman–Crippen LogP) is 1.10. The molecule has 0 radical (unpaired) electrons. The number of nitrogens with zero attached hydrogens (tertiary/aromatic N) is 2. The first-order chi connectivity index (χ1) is 9.13. The van der Waals surface area contributed by atoms with Crippen molar-refractivity contribution in [2.24, 2.45) is 5.73 Å². The van der Waals surface area contributed by atoms with E-state index in [0.29, 0.717) is 23.8 Å². The minimum Gasteiger partial charge on any atom is -0.459 e. The first-order valence-corrected chi connectivity index (χ1v) is 6.90. The SMILES string of the molecule is CCC(C(N)=S)N1CCN(C(=O)c2ccco2)CC1. The standard InChI is InChI=1S/C13H19N3O2S/c1-2-10(12(14)19)15-5-7-16(8-6-15)13(17)11-4-3-9-18-11/h3-4,9-10H,2,5-8H2,1H3,(H2,14,19). The molecule has 1 aliphatic rings. The van der Waals surface area contributed by atoms with Crippen LogP contribution in [-0.4, -0.2) is 52.9 Å². The molecule has 0 aliphatic carbocycles. The summed E-state index contributed by atoms with van der Waals surface area (Å²) in [4.78, 5) is 16.7. The zero-order chi connectivity index (χ0) is 13.8. The number of rotatable bonds is 4. The van der Waals surface area contributed by atoms with Crippen LogP contribution in [0.4, 0.5) is 0 Å². The molecule has 1 aliphatic heterocycles. The van der Waals surface area contributed by atoms with Gasteiger partial charge in [-0.25, -0.2) is 0 Å². The molecule has 1 aromatic rings. The van der Waals surface area contributed by atoms with Gasteiger partial charge < -0.3 is 15.1 Å². The smallest absolute Gasteiger partial charge is 0.289 e. The van der Waals surface area contributed by atoms with Crippen molar-refractivity contribution in [1.29, 1.82) is 0 Å². The van der Waals surface area contributed by atoms with Crippen LogP contribution in [0.15, 0.2) is 22.8 Å². The Labute approximate surface area is 118 Å². The van der Waals surface area contributed by atoms with E-state index < -0.39 is 0 Å². The monoisotopic (exact) mass is 281 g/mol. The second kappa shape index (κ2) is 6.16. The highest BCUT2D eigenvalue weighted by Gasteiger charge is 2.27. The Morgan fingerprint density at radius 3 is 2.63 bits per heavy atom. The molecule has 19 heavy (non-hydrogen) atoms. The van der Waals surface area contributed by atoms with E-state index in [1.54, 1.807) is 12.1 Å². The Hall–Kier alpha value is -1.40. The summed E-state index contributed by atoms with van der Waals surface area (Å²) >= 11 is 5.08. The van der Waals surface area contributed by atoms with Gasteiger partial charge in [-0.15, -0.1) is 0 Å². The van der Waals surface area contributed by atoms with Crippen molar-refractivity contribution in [1.82, 2.24) is 9.80 Å². The minimum absolute atomic E-state index is 0.0481. The third-order valence-corrected chi connectivity index (χ3v) is 3.76. The molecule has 1 amide bonds. The van der Waals surface area contributed by atoms with Crippen LogP contribution in [0.25, 0.3) is 0 Å². The predicted molar refractivity (Wildman–Crippen MR) is 77.0 cm³/mol. The lowest BCUT2D eigenvalue weighted by molar-refractivity contribution is 0.0582. The Morgan fingerprint density at radius 2 is 2.16 bits per heavy atom. The van der Waals surface area contributed by atoms with E-state index in [1.807, 2.05) is 4.90 Å². The van der Waals surface area contributed by atoms with Crippen molar-refractivity contribution < 1.29 is 9.21 Å². The van der Waals surface area contributed by atoms with Gasteiger partial charge >= 0.3 is 0 Å². The normalized spacial score (nSPS) is 18.3. The van der Waals surface area contributed by atoms with Gasteiger partial charge in [0, 0.05) is 26.2 Å². The summed E-state index contributed by atoms with van der Waals surface area (Å²) in [5.41, 5.74) is 5.74. The van der Waals surface area contributed by atoms with Crippen LogP contribution in [0.5, 0.6) is 0 Å². The number of carbonyl (C=O) groups is 1. The molecular formula is C13H19N3O2S. The quantitative estimate of drug-likeness (QED) is 0.837. The van der Waals surface area contributed by atoms with Gasteiger partial charge in [-0.05, 0) is 18.6 Å². The zero-order valence-corrected chi connectivity index (χ0v) is 11.9. The molecule has 1 unspecified atom stereocenters. The van der Waals surface area contributed by atoms with E-state index >= 15 is 0 Å². The number of piperazine rings is 1.